The van der Waals surface area contributed by atoms with E-state index in [-0.39, 0.29) is 9.49 Å². The van der Waals surface area contributed by atoms with Crippen molar-refractivity contribution in [1.82, 2.24) is 5.32 Å². The van der Waals surface area contributed by atoms with Crippen molar-refractivity contribution >= 4 is 23.5 Å². The molecule has 2 aromatic carbocycles. The van der Waals surface area contributed by atoms with Gasteiger partial charge in [0.1, 0.15) is 11.5 Å². The molecule has 0 atom stereocenters. The van der Waals surface area contributed by atoms with Crippen LogP contribution < -0.4 is 14.8 Å². The van der Waals surface area contributed by atoms with E-state index in [2.05, 4.69) is 57.3 Å². The molecule has 0 heterocycles. The lowest BCUT2D eigenvalue weighted by Gasteiger charge is -2.29. The Morgan fingerprint density at radius 2 is 1.00 bits per heavy atom. The van der Waals surface area contributed by atoms with Crippen molar-refractivity contribution in [3.8, 4) is 11.5 Å². The molecule has 5 heteroatoms. The first kappa shape index (κ1) is 24.0. The van der Waals surface area contributed by atoms with Gasteiger partial charge >= 0.3 is 0 Å². The van der Waals surface area contributed by atoms with Crippen LogP contribution in [0.5, 0.6) is 11.5 Å². The molecule has 0 spiro atoms. The number of methoxy groups -OCH3 is 2. The molecule has 2 aromatic rings. The molecule has 1 N–H and O–H groups in total. The normalized spacial score (nSPS) is 12.1. The Morgan fingerprint density at radius 1 is 0.655 bits per heavy atom. The first-order chi connectivity index (χ1) is 13.7. The lowest BCUT2D eigenvalue weighted by molar-refractivity contribution is 0.414. The summed E-state index contributed by atoms with van der Waals surface area (Å²) in [5.41, 5.74) is 2.67. The van der Waals surface area contributed by atoms with Crippen LogP contribution in [0.3, 0.4) is 0 Å². The van der Waals surface area contributed by atoms with Crippen molar-refractivity contribution in [2.45, 2.75) is 48.7 Å². The van der Waals surface area contributed by atoms with E-state index in [1.54, 1.807) is 14.2 Å². The average Bonchev–Trinajstić information content (AvgIpc) is 2.71. The Morgan fingerprint density at radius 3 is 1.31 bits per heavy atom. The van der Waals surface area contributed by atoms with Crippen molar-refractivity contribution in [2.75, 3.05) is 27.3 Å². The smallest absolute Gasteiger partial charge is 0.118 e. The monoisotopic (exact) mass is 433 g/mol. The van der Waals surface area contributed by atoms with Gasteiger partial charge in [-0.1, -0.05) is 24.3 Å². The van der Waals surface area contributed by atoms with Gasteiger partial charge in [-0.25, -0.2) is 0 Å². The van der Waals surface area contributed by atoms with Gasteiger partial charge in [-0.15, -0.1) is 23.5 Å². The molecule has 3 nitrogen and oxygen atoms in total. The molecule has 0 bridgehead atoms. The van der Waals surface area contributed by atoms with Crippen LogP contribution >= 0.6 is 23.5 Å². The minimum absolute atomic E-state index is 0.177. The Balaban J connectivity index is 1.72. The highest BCUT2D eigenvalue weighted by atomic mass is 32.2. The highest BCUT2D eigenvalue weighted by molar-refractivity contribution is 8.00. The van der Waals surface area contributed by atoms with Crippen molar-refractivity contribution in [3.05, 3.63) is 59.7 Å². The Bertz CT molecular complexity index is 664. The second kappa shape index (κ2) is 11.2. The van der Waals surface area contributed by atoms with Gasteiger partial charge in [-0.3, -0.25) is 0 Å². The highest BCUT2D eigenvalue weighted by Crippen LogP contribution is 2.30. The number of nitrogens with one attached hydrogen (secondary N) is 1. The molecule has 0 aliphatic rings. The molecule has 160 valence electrons. The summed E-state index contributed by atoms with van der Waals surface area (Å²) in [6.45, 7) is 11.2. The number of ether oxygens (including phenoxy) is 2. The van der Waals surface area contributed by atoms with Crippen LogP contribution in [0.25, 0.3) is 0 Å². The van der Waals surface area contributed by atoms with E-state index in [1.165, 1.54) is 11.1 Å². The zero-order chi connectivity index (χ0) is 21.3. The molecule has 29 heavy (non-hydrogen) atoms. The number of thioether (sulfide) groups is 2. The van der Waals surface area contributed by atoms with Crippen LogP contribution in [0, 0.1) is 0 Å². The summed E-state index contributed by atoms with van der Waals surface area (Å²) < 4.78 is 10.8. The Labute approximate surface area is 185 Å². The first-order valence-corrected chi connectivity index (χ1v) is 11.9. The lowest BCUT2D eigenvalue weighted by atomic mass is 10.1. The summed E-state index contributed by atoms with van der Waals surface area (Å²) in [4.78, 5) is 0. The summed E-state index contributed by atoms with van der Waals surface area (Å²) in [6, 6.07) is 16.7. The molecule has 0 radical (unpaired) electrons. The molecular weight excluding hydrogens is 398 g/mol. The quantitative estimate of drug-likeness (QED) is 0.442. The number of hydrogen-bond acceptors (Lipinski definition) is 5. The van der Waals surface area contributed by atoms with E-state index >= 15 is 0 Å². The van der Waals surface area contributed by atoms with Crippen LogP contribution in [0.15, 0.2) is 48.5 Å². The molecule has 0 aliphatic heterocycles. The zero-order valence-corrected chi connectivity index (χ0v) is 20.2. The van der Waals surface area contributed by atoms with E-state index in [1.807, 2.05) is 47.8 Å². The predicted octanol–water partition coefficient (Wildman–Crippen LogP) is 6.02. The molecule has 0 aliphatic carbocycles. The Kier molecular flexibility index (Phi) is 9.25. The van der Waals surface area contributed by atoms with Gasteiger partial charge in [0.15, 0.2) is 0 Å². The largest absolute Gasteiger partial charge is 0.497 e. The molecule has 2 rings (SSSR count). The molecule has 0 aromatic heterocycles. The van der Waals surface area contributed by atoms with Crippen molar-refractivity contribution in [3.63, 3.8) is 0 Å². The van der Waals surface area contributed by atoms with Crippen LogP contribution in [0.2, 0.25) is 0 Å². The lowest BCUT2D eigenvalue weighted by Crippen LogP contribution is -2.39. The maximum Gasteiger partial charge on any atom is 0.118 e. The maximum absolute atomic E-state index is 5.23. The fourth-order valence-electron chi connectivity index (χ4n) is 2.77. The highest BCUT2D eigenvalue weighted by Gasteiger charge is 2.22. The number of rotatable bonds is 12. The minimum Gasteiger partial charge on any atom is -0.497 e. The summed E-state index contributed by atoms with van der Waals surface area (Å²) >= 11 is 3.98. The molecule has 0 unspecified atom stereocenters. The van der Waals surface area contributed by atoms with Gasteiger partial charge in [-0.05, 0) is 63.1 Å². The van der Waals surface area contributed by atoms with E-state index in [4.69, 9.17) is 9.47 Å². The third-order valence-corrected chi connectivity index (χ3v) is 7.49. The SMILES string of the molecule is COc1ccc(CSC(C)(C)CNCC(C)(C)SCc2ccc(OC)cc2)cc1. The second-order valence-electron chi connectivity index (χ2n) is 8.40. The summed E-state index contributed by atoms with van der Waals surface area (Å²) in [5.74, 6) is 3.84. The van der Waals surface area contributed by atoms with Crippen molar-refractivity contribution in [1.29, 1.82) is 0 Å². The van der Waals surface area contributed by atoms with Gasteiger partial charge in [0.25, 0.3) is 0 Å². The topological polar surface area (TPSA) is 30.5 Å². The predicted molar refractivity (Wildman–Crippen MR) is 130 cm³/mol. The fraction of sp³-hybridized carbons (Fsp3) is 0.500. The van der Waals surface area contributed by atoms with Crippen LogP contribution in [0.1, 0.15) is 38.8 Å². The second-order valence-corrected chi connectivity index (χ2v) is 11.8. The summed E-state index contributed by atoms with van der Waals surface area (Å²) in [5, 5.41) is 3.69. The van der Waals surface area contributed by atoms with Gasteiger partial charge < -0.3 is 14.8 Å². The Hall–Kier alpha value is -1.30. The van der Waals surface area contributed by atoms with Gasteiger partial charge in [0.05, 0.1) is 14.2 Å². The van der Waals surface area contributed by atoms with Gasteiger partial charge in [0.2, 0.25) is 0 Å². The molecule has 0 amide bonds. The molecule has 0 saturated heterocycles. The zero-order valence-electron chi connectivity index (χ0n) is 18.6. The summed E-state index contributed by atoms with van der Waals surface area (Å²) in [7, 11) is 3.41. The van der Waals surface area contributed by atoms with Crippen molar-refractivity contribution in [2.24, 2.45) is 0 Å². The standard InChI is InChI=1S/C24H35NO2S2/c1-23(2,28-15-19-7-11-21(26-5)12-8-19)17-25-18-24(3,4)29-16-20-9-13-22(27-6)14-10-20/h7-14,25H,15-18H2,1-6H3. The fourth-order valence-corrected chi connectivity index (χ4v) is 4.68. The third-order valence-electron chi connectivity index (χ3n) is 4.68. The molecule has 0 fully saturated rings. The number of benzene rings is 2. The molecule has 0 saturated carbocycles. The van der Waals surface area contributed by atoms with Crippen LogP contribution in [0.4, 0.5) is 0 Å². The van der Waals surface area contributed by atoms with E-state index in [9.17, 15) is 0 Å². The van der Waals surface area contributed by atoms with Crippen LogP contribution in [-0.2, 0) is 11.5 Å². The van der Waals surface area contributed by atoms with E-state index < -0.39 is 0 Å². The van der Waals surface area contributed by atoms with Gasteiger partial charge in [0, 0.05) is 34.1 Å². The van der Waals surface area contributed by atoms with Crippen molar-refractivity contribution < 1.29 is 9.47 Å². The third kappa shape index (κ3) is 8.93. The first-order valence-electron chi connectivity index (χ1n) is 9.97. The van der Waals surface area contributed by atoms with E-state index in [0.717, 1.165) is 36.1 Å². The van der Waals surface area contributed by atoms with E-state index in [0.29, 0.717) is 0 Å². The maximum atomic E-state index is 5.23. The summed E-state index contributed by atoms with van der Waals surface area (Å²) in [6.07, 6.45) is 0. The minimum atomic E-state index is 0.177. The number of hydrogen-bond donors (Lipinski definition) is 1. The van der Waals surface area contributed by atoms with Crippen LogP contribution in [-0.4, -0.2) is 36.8 Å². The van der Waals surface area contributed by atoms with Gasteiger partial charge in [-0.2, -0.15) is 0 Å². The average molecular weight is 434 g/mol. The molecular formula is C24H35NO2S2.